The molecule has 0 amide bonds. The first-order chi connectivity index (χ1) is 15.9. The molecule has 0 saturated carbocycles. The Balaban J connectivity index is 1.55. The second-order valence-electron chi connectivity index (χ2n) is 7.99. The first-order valence-electron chi connectivity index (χ1n) is 10.4. The molecule has 3 N–H and O–H groups in total. The smallest absolute Gasteiger partial charge is 0.348 e. The largest absolute Gasteiger partial charge is 0.508 e. The van der Waals surface area contributed by atoms with Crippen LogP contribution in [0.5, 0.6) is 11.5 Å². The molecule has 0 aliphatic heterocycles. The van der Waals surface area contributed by atoms with E-state index in [2.05, 4.69) is 10.2 Å². The molecule has 2 aromatic heterocycles. The molecule has 166 valence electrons. The standard InChI is InChI=1S/C25H21FN4O3/c1-29-10-9-16-12-19(7-8-21(16)29)30-24(27-28-25(30)33)20-13-17(22(31)14-23(20)32)6-5-15-3-2-4-18(26)11-15/h2-4,7-14,31-32H,5-6H2,1H3,(H,28,33). The highest BCUT2D eigenvalue weighted by Crippen LogP contribution is 2.35. The van der Waals surface area contributed by atoms with Gasteiger partial charge in [-0.2, -0.15) is 5.10 Å². The first kappa shape index (κ1) is 20.6. The minimum absolute atomic E-state index is 0.0807. The summed E-state index contributed by atoms with van der Waals surface area (Å²) in [7, 11) is 1.94. The third kappa shape index (κ3) is 3.76. The van der Waals surface area contributed by atoms with E-state index in [1.165, 1.54) is 22.8 Å². The number of phenolic OH excluding ortho intramolecular Hbond substituents is 2. The van der Waals surface area contributed by atoms with Crippen LogP contribution in [0, 0.1) is 5.82 Å². The number of hydrogen-bond acceptors (Lipinski definition) is 4. The summed E-state index contributed by atoms with van der Waals surface area (Å²) in [6, 6.07) is 16.7. The SMILES string of the molecule is Cn1ccc2cc(-n3c(-c4cc(CCc5cccc(F)c5)c(O)cc4O)n[nH]c3=O)ccc21. The van der Waals surface area contributed by atoms with Gasteiger partial charge < -0.3 is 14.8 Å². The monoisotopic (exact) mass is 444 g/mol. The van der Waals surface area contributed by atoms with Gasteiger partial charge in [0.2, 0.25) is 0 Å². The van der Waals surface area contributed by atoms with Crippen molar-refractivity contribution in [2.45, 2.75) is 12.8 Å². The predicted molar refractivity (Wildman–Crippen MR) is 123 cm³/mol. The molecule has 8 heteroatoms. The average Bonchev–Trinajstić information content (AvgIpc) is 3.35. The number of H-pyrrole nitrogens is 1. The second-order valence-corrected chi connectivity index (χ2v) is 7.99. The van der Waals surface area contributed by atoms with Gasteiger partial charge in [0, 0.05) is 30.2 Å². The van der Waals surface area contributed by atoms with Crippen LogP contribution in [0.3, 0.4) is 0 Å². The summed E-state index contributed by atoms with van der Waals surface area (Å²) < 4.78 is 16.9. The summed E-state index contributed by atoms with van der Waals surface area (Å²) >= 11 is 0. The lowest BCUT2D eigenvalue weighted by Gasteiger charge is -2.12. The van der Waals surface area contributed by atoms with Crippen LogP contribution in [-0.2, 0) is 19.9 Å². The highest BCUT2D eigenvalue weighted by molar-refractivity contribution is 5.82. The molecule has 0 aliphatic rings. The van der Waals surface area contributed by atoms with E-state index in [1.807, 2.05) is 48.1 Å². The van der Waals surface area contributed by atoms with Crippen LogP contribution in [0.1, 0.15) is 11.1 Å². The molecule has 3 aromatic carbocycles. The molecule has 0 saturated heterocycles. The molecule has 5 aromatic rings. The van der Waals surface area contributed by atoms with Gasteiger partial charge in [0.15, 0.2) is 5.82 Å². The van der Waals surface area contributed by atoms with Crippen LogP contribution >= 0.6 is 0 Å². The molecule has 7 nitrogen and oxygen atoms in total. The second kappa shape index (κ2) is 7.98. The summed E-state index contributed by atoms with van der Waals surface area (Å²) in [5, 5.41) is 28.5. The zero-order chi connectivity index (χ0) is 23.1. The van der Waals surface area contributed by atoms with Crippen LogP contribution in [0.15, 0.2) is 71.7 Å². The van der Waals surface area contributed by atoms with E-state index in [0.717, 1.165) is 16.5 Å². The molecular weight excluding hydrogens is 423 g/mol. The number of phenols is 2. The normalized spacial score (nSPS) is 11.3. The Morgan fingerprint density at radius 2 is 1.85 bits per heavy atom. The lowest BCUT2D eigenvalue weighted by Crippen LogP contribution is -2.15. The number of fused-ring (bicyclic) bond motifs is 1. The maximum absolute atomic E-state index is 13.5. The molecular formula is C25H21FN4O3. The highest BCUT2D eigenvalue weighted by atomic mass is 19.1. The zero-order valence-corrected chi connectivity index (χ0v) is 17.8. The van der Waals surface area contributed by atoms with Crippen molar-refractivity contribution in [2.24, 2.45) is 7.05 Å². The molecule has 33 heavy (non-hydrogen) atoms. The first-order valence-corrected chi connectivity index (χ1v) is 10.4. The molecule has 5 rings (SSSR count). The Bertz CT molecular complexity index is 1550. The number of rotatable bonds is 5. The molecule has 0 fully saturated rings. The predicted octanol–water partition coefficient (Wildman–Crippen LogP) is 4.05. The van der Waals surface area contributed by atoms with Gasteiger partial charge in [0.05, 0.1) is 11.3 Å². The van der Waals surface area contributed by atoms with Gasteiger partial charge in [-0.1, -0.05) is 12.1 Å². The minimum atomic E-state index is -0.450. The third-order valence-electron chi connectivity index (χ3n) is 5.81. The molecule has 0 atom stereocenters. The summed E-state index contributed by atoms with van der Waals surface area (Å²) in [5.74, 6) is -0.385. The van der Waals surface area contributed by atoms with E-state index in [-0.39, 0.29) is 23.1 Å². The van der Waals surface area contributed by atoms with Crippen molar-refractivity contribution in [2.75, 3.05) is 0 Å². The highest BCUT2D eigenvalue weighted by Gasteiger charge is 2.19. The summed E-state index contributed by atoms with van der Waals surface area (Å²) in [4.78, 5) is 12.6. The molecule has 2 heterocycles. The van der Waals surface area contributed by atoms with Crippen LogP contribution < -0.4 is 5.69 Å². The maximum Gasteiger partial charge on any atom is 0.348 e. The van der Waals surface area contributed by atoms with E-state index < -0.39 is 5.69 Å². The number of aromatic nitrogens is 4. The number of nitrogens with one attached hydrogen (secondary N) is 1. The lowest BCUT2D eigenvalue weighted by molar-refractivity contribution is 0.446. The number of benzene rings is 3. The van der Waals surface area contributed by atoms with Crippen LogP contribution in [0.4, 0.5) is 4.39 Å². The number of hydrogen-bond donors (Lipinski definition) is 3. The van der Waals surface area contributed by atoms with Crippen molar-refractivity contribution in [1.29, 1.82) is 0 Å². The molecule has 0 aliphatic carbocycles. The average molecular weight is 444 g/mol. The van der Waals surface area contributed by atoms with Crippen LogP contribution in [0.2, 0.25) is 0 Å². The van der Waals surface area contributed by atoms with Crippen molar-refractivity contribution in [3.8, 4) is 28.6 Å². The van der Waals surface area contributed by atoms with E-state index in [0.29, 0.717) is 29.7 Å². The van der Waals surface area contributed by atoms with Crippen LogP contribution in [0.25, 0.3) is 28.0 Å². The lowest BCUT2D eigenvalue weighted by atomic mass is 10.0. The van der Waals surface area contributed by atoms with E-state index in [1.54, 1.807) is 12.1 Å². The number of halogens is 1. The van der Waals surface area contributed by atoms with Gasteiger partial charge in [-0.3, -0.25) is 0 Å². The van der Waals surface area contributed by atoms with Crippen molar-refractivity contribution in [3.05, 3.63) is 94.3 Å². The summed E-state index contributed by atoms with van der Waals surface area (Å²) in [6.07, 6.45) is 2.84. The fourth-order valence-corrected chi connectivity index (χ4v) is 4.10. The number of nitrogens with zero attached hydrogens (tertiary/aromatic N) is 3. The van der Waals surface area contributed by atoms with Crippen molar-refractivity contribution >= 4 is 10.9 Å². The van der Waals surface area contributed by atoms with Crippen molar-refractivity contribution in [1.82, 2.24) is 19.3 Å². The van der Waals surface area contributed by atoms with Gasteiger partial charge in [0.1, 0.15) is 17.3 Å². The van der Waals surface area contributed by atoms with E-state index >= 15 is 0 Å². The Kier molecular flexibility index (Phi) is 4.97. The van der Waals surface area contributed by atoms with Gasteiger partial charge in [-0.25, -0.2) is 18.9 Å². The van der Waals surface area contributed by atoms with E-state index in [9.17, 15) is 19.4 Å². The Labute approximate surface area is 188 Å². The van der Waals surface area contributed by atoms with Gasteiger partial charge in [-0.15, -0.1) is 0 Å². The minimum Gasteiger partial charge on any atom is -0.508 e. The Morgan fingerprint density at radius 1 is 1.00 bits per heavy atom. The van der Waals surface area contributed by atoms with Gasteiger partial charge in [0.25, 0.3) is 0 Å². The number of aryl methyl sites for hydroxylation is 3. The topological polar surface area (TPSA) is 96.1 Å². The summed E-state index contributed by atoms with van der Waals surface area (Å²) in [5.41, 5.74) is 2.80. The van der Waals surface area contributed by atoms with Gasteiger partial charge >= 0.3 is 5.69 Å². The maximum atomic E-state index is 13.5. The number of aromatic amines is 1. The van der Waals surface area contributed by atoms with Gasteiger partial charge in [-0.05, 0) is 66.4 Å². The zero-order valence-electron chi connectivity index (χ0n) is 17.8. The fourth-order valence-electron chi connectivity index (χ4n) is 4.10. The summed E-state index contributed by atoms with van der Waals surface area (Å²) in [6.45, 7) is 0. The molecule has 0 spiro atoms. The Hall–Kier alpha value is -4.33. The molecule has 0 radical (unpaired) electrons. The third-order valence-corrected chi connectivity index (χ3v) is 5.81. The Morgan fingerprint density at radius 3 is 2.67 bits per heavy atom. The van der Waals surface area contributed by atoms with E-state index in [4.69, 9.17) is 0 Å². The van der Waals surface area contributed by atoms with Crippen molar-refractivity contribution < 1.29 is 14.6 Å². The molecule has 0 bridgehead atoms. The number of aromatic hydroxyl groups is 2. The van der Waals surface area contributed by atoms with Crippen molar-refractivity contribution in [3.63, 3.8) is 0 Å². The van der Waals surface area contributed by atoms with Crippen LogP contribution in [-0.4, -0.2) is 29.5 Å². The quantitative estimate of drug-likeness (QED) is 0.381. The molecule has 0 unspecified atom stereocenters. The fraction of sp³-hybridized carbons (Fsp3) is 0.120.